The van der Waals surface area contributed by atoms with Crippen LogP contribution in [-0.2, 0) is 11.3 Å². The average molecular weight is 338 g/mol. The van der Waals surface area contributed by atoms with Crippen molar-refractivity contribution >= 4 is 23.0 Å². The predicted octanol–water partition coefficient (Wildman–Crippen LogP) is 0.958. The van der Waals surface area contributed by atoms with Crippen LogP contribution < -0.4 is 11.0 Å². The van der Waals surface area contributed by atoms with Gasteiger partial charge in [0.2, 0.25) is 0 Å². The molecule has 2 aromatic carbocycles. The second kappa shape index (κ2) is 6.83. The molecule has 0 bridgehead atoms. The predicted molar refractivity (Wildman–Crippen MR) is 91.5 cm³/mol. The van der Waals surface area contributed by atoms with E-state index >= 15 is 0 Å². The van der Waals surface area contributed by atoms with Crippen LogP contribution in [0.25, 0.3) is 10.9 Å². The number of carbonyl (C=O) groups excluding carboxylic acids is 1. The molecule has 0 radical (unpaired) electrons. The molecule has 0 unspecified atom stereocenters. The first-order valence-electron chi connectivity index (χ1n) is 7.32. The van der Waals surface area contributed by atoms with Gasteiger partial charge in [0.1, 0.15) is 18.0 Å². The van der Waals surface area contributed by atoms with Crippen molar-refractivity contribution in [2.45, 2.75) is 6.54 Å². The van der Waals surface area contributed by atoms with E-state index in [9.17, 15) is 19.8 Å². The highest BCUT2D eigenvalue weighted by molar-refractivity contribution is 5.85. The summed E-state index contributed by atoms with van der Waals surface area (Å²) in [5, 5.41) is 23.1. The van der Waals surface area contributed by atoms with Crippen molar-refractivity contribution in [1.29, 1.82) is 0 Å². The van der Waals surface area contributed by atoms with Crippen molar-refractivity contribution in [3.63, 3.8) is 0 Å². The van der Waals surface area contributed by atoms with E-state index in [2.05, 4.69) is 15.5 Å². The molecule has 1 aromatic heterocycles. The van der Waals surface area contributed by atoms with Gasteiger partial charge in [-0.25, -0.2) is 10.4 Å². The van der Waals surface area contributed by atoms with E-state index in [1.165, 1.54) is 35.3 Å². The Morgan fingerprint density at radius 2 is 2.04 bits per heavy atom. The Bertz CT molecular complexity index is 1030. The first-order chi connectivity index (χ1) is 12.0. The molecule has 25 heavy (non-hydrogen) atoms. The summed E-state index contributed by atoms with van der Waals surface area (Å²) in [5.74, 6) is -0.666. The molecule has 3 rings (SSSR count). The molecule has 3 aromatic rings. The van der Waals surface area contributed by atoms with Gasteiger partial charge in [0.05, 0.1) is 23.4 Å². The molecular formula is C17H14N4O4. The maximum atomic E-state index is 12.3. The number of para-hydroxylation sites is 1. The van der Waals surface area contributed by atoms with Crippen molar-refractivity contribution < 1.29 is 15.0 Å². The minimum atomic E-state index is -0.532. The van der Waals surface area contributed by atoms with Crippen LogP contribution in [0.1, 0.15) is 5.56 Å². The van der Waals surface area contributed by atoms with Crippen LogP contribution in [-0.4, -0.2) is 31.9 Å². The van der Waals surface area contributed by atoms with E-state index in [1.807, 2.05) is 0 Å². The number of benzene rings is 2. The average Bonchev–Trinajstić information content (AvgIpc) is 2.61. The highest BCUT2D eigenvalue weighted by Gasteiger charge is 2.07. The van der Waals surface area contributed by atoms with E-state index < -0.39 is 5.91 Å². The highest BCUT2D eigenvalue weighted by atomic mass is 16.3. The third-order valence-electron chi connectivity index (χ3n) is 3.45. The number of aromatic hydroxyl groups is 2. The quantitative estimate of drug-likeness (QED) is 0.372. The summed E-state index contributed by atoms with van der Waals surface area (Å²) in [7, 11) is 0. The fourth-order valence-electron chi connectivity index (χ4n) is 2.23. The SMILES string of the molecule is O=C(Cn1cnc2ccccc2c1=O)N/N=C/c1cc(O)ccc1O. The Balaban J connectivity index is 1.71. The molecule has 126 valence electrons. The molecule has 0 saturated carbocycles. The van der Waals surface area contributed by atoms with Gasteiger partial charge in [-0.1, -0.05) is 12.1 Å². The number of hydrazone groups is 1. The zero-order valence-corrected chi connectivity index (χ0v) is 13.0. The smallest absolute Gasteiger partial charge is 0.261 e. The highest BCUT2D eigenvalue weighted by Crippen LogP contribution is 2.19. The first kappa shape index (κ1) is 16.2. The standard InChI is InChI=1S/C17H14N4O4/c22-12-5-6-15(23)11(7-12)8-19-20-16(24)9-21-10-18-14-4-2-1-3-13(14)17(21)25/h1-8,10,22-23H,9H2,(H,20,24)/b19-8+. The lowest BCUT2D eigenvalue weighted by Gasteiger charge is -2.05. The number of fused-ring (bicyclic) bond motifs is 1. The molecule has 0 fully saturated rings. The van der Waals surface area contributed by atoms with E-state index in [0.29, 0.717) is 10.9 Å². The summed E-state index contributed by atoms with van der Waals surface area (Å²) in [6, 6.07) is 10.8. The number of phenolic OH excluding ortho intramolecular Hbond substituents is 2. The summed E-state index contributed by atoms with van der Waals surface area (Å²) in [6.07, 6.45) is 2.49. The van der Waals surface area contributed by atoms with Crippen LogP contribution >= 0.6 is 0 Å². The maximum Gasteiger partial charge on any atom is 0.261 e. The third kappa shape index (κ3) is 3.63. The van der Waals surface area contributed by atoms with E-state index in [-0.39, 0.29) is 29.2 Å². The van der Waals surface area contributed by atoms with E-state index in [0.717, 1.165) is 0 Å². The van der Waals surface area contributed by atoms with Gasteiger partial charge in [0, 0.05) is 5.56 Å². The number of nitrogens with zero attached hydrogens (tertiary/aromatic N) is 3. The number of phenols is 2. The van der Waals surface area contributed by atoms with Gasteiger partial charge < -0.3 is 10.2 Å². The monoisotopic (exact) mass is 338 g/mol. The van der Waals surface area contributed by atoms with Crippen molar-refractivity contribution in [1.82, 2.24) is 15.0 Å². The fourth-order valence-corrected chi connectivity index (χ4v) is 2.23. The van der Waals surface area contributed by atoms with Gasteiger partial charge in [-0.05, 0) is 30.3 Å². The first-order valence-corrected chi connectivity index (χ1v) is 7.32. The van der Waals surface area contributed by atoms with E-state index in [1.54, 1.807) is 24.3 Å². The molecule has 1 heterocycles. The summed E-state index contributed by atoms with van der Waals surface area (Å²) >= 11 is 0. The second-order valence-electron chi connectivity index (χ2n) is 5.23. The largest absolute Gasteiger partial charge is 0.508 e. The number of hydrogen-bond acceptors (Lipinski definition) is 6. The molecule has 3 N–H and O–H groups in total. The van der Waals surface area contributed by atoms with Crippen LogP contribution in [0, 0.1) is 0 Å². The molecule has 0 saturated heterocycles. The number of carbonyl (C=O) groups is 1. The lowest BCUT2D eigenvalue weighted by Crippen LogP contribution is -2.30. The van der Waals surface area contributed by atoms with Gasteiger partial charge in [-0.2, -0.15) is 5.10 Å². The summed E-state index contributed by atoms with van der Waals surface area (Å²) in [4.78, 5) is 28.3. The third-order valence-corrected chi connectivity index (χ3v) is 3.45. The molecule has 8 nitrogen and oxygen atoms in total. The van der Waals surface area contributed by atoms with Crippen LogP contribution in [0.15, 0.2) is 58.7 Å². The molecule has 8 heteroatoms. The minimum Gasteiger partial charge on any atom is -0.508 e. The second-order valence-corrected chi connectivity index (χ2v) is 5.23. The maximum absolute atomic E-state index is 12.3. The Labute approximate surface area is 141 Å². The van der Waals surface area contributed by atoms with Crippen LogP contribution in [0.4, 0.5) is 0 Å². The normalized spacial score (nSPS) is 11.0. The van der Waals surface area contributed by atoms with Gasteiger partial charge in [-0.15, -0.1) is 0 Å². The number of aromatic nitrogens is 2. The van der Waals surface area contributed by atoms with Crippen molar-refractivity contribution in [3.8, 4) is 11.5 Å². The van der Waals surface area contributed by atoms with Gasteiger partial charge in [0.25, 0.3) is 11.5 Å². The summed E-state index contributed by atoms with van der Waals surface area (Å²) in [5.41, 5.74) is 2.73. The van der Waals surface area contributed by atoms with Gasteiger partial charge in [-0.3, -0.25) is 14.2 Å². The molecular weight excluding hydrogens is 324 g/mol. The topological polar surface area (TPSA) is 117 Å². The van der Waals surface area contributed by atoms with Crippen LogP contribution in [0.2, 0.25) is 0 Å². The van der Waals surface area contributed by atoms with Crippen molar-refractivity contribution in [2.24, 2.45) is 5.10 Å². The fraction of sp³-hybridized carbons (Fsp3) is 0.0588. The Kier molecular flexibility index (Phi) is 4.42. The molecule has 0 aliphatic heterocycles. The number of hydrogen-bond donors (Lipinski definition) is 3. The van der Waals surface area contributed by atoms with Gasteiger partial charge >= 0.3 is 0 Å². The van der Waals surface area contributed by atoms with Crippen LogP contribution in [0.3, 0.4) is 0 Å². The number of rotatable bonds is 4. The molecule has 0 atom stereocenters. The Morgan fingerprint density at radius 3 is 2.88 bits per heavy atom. The lowest BCUT2D eigenvalue weighted by molar-refractivity contribution is -0.121. The lowest BCUT2D eigenvalue weighted by atomic mass is 10.2. The Morgan fingerprint density at radius 1 is 1.24 bits per heavy atom. The van der Waals surface area contributed by atoms with Crippen LogP contribution in [0.5, 0.6) is 11.5 Å². The number of nitrogens with one attached hydrogen (secondary N) is 1. The zero-order chi connectivity index (χ0) is 17.8. The van der Waals surface area contributed by atoms with Gasteiger partial charge in [0.15, 0.2) is 0 Å². The minimum absolute atomic E-state index is 0.0423. The summed E-state index contributed by atoms with van der Waals surface area (Å²) < 4.78 is 1.18. The molecule has 0 aliphatic rings. The molecule has 0 spiro atoms. The molecule has 0 aliphatic carbocycles. The van der Waals surface area contributed by atoms with E-state index in [4.69, 9.17) is 0 Å². The summed E-state index contributed by atoms with van der Waals surface area (Å²) in [6.45, 7) is -0.250. The zero-order valence-electron chi connectivity index (χ0n) is 13.0. The van der Waals surface area contributed by atoms with Crippen molar-refractivity contribution in [3.05, 3.63) is 64.7 Å². The number of amides is 1. The Hall–Kier alpha value is -3.68. The molecule has 1 amide bonds. The van der Waals surface area contributed by atoms with Crippen molar-refractivity contribution in [2.75, 3.05) is 0 Å².